The van der Waals surface area contributed by atoms with Gasteiger partial charge in [0, 0.05) is 65.4 Å². The number of nitrogens with one attached hydrogen (secondary N) is 1. The van der Waals surface area contributed by atoms with E-state index in [-0.39, 0.29) is 37.3 Å². The summed E-state index contributed by atoms with van der Waals surface area (Å²) >= 11 is 6.12. The summed E-state index contributed by atoms with van der Waals surface area (Å²) in [6.07, 6.45) is 2.93. The van der Waals surface area contributed by atoms with Crippen LogP contribution in [0.3, 0.4) is 0 Å². The van der Waals surface area contributed by atoms with Gasteiger partial charge in [-0.3, -0.25) is 19.9 Å². The smallest absolute Gasteiger partial charge is 0.169 e. The standard InChI is InChI=1S/C16H14ClN3O.C16H24N2O2.2ClH/c1-18-15-10-20(21)16(11-5-3-2-4-6-11)13-9-12(17)7-8-14(13)19-15;1-3-13-11(2)17-14-5-4-12(16(19)15(13)14)10-18-6-8-20-9-7-18;;/h2-9,21H,10H2,1H3;12,17H,3-10H2,1-2H3;2*1H. The van der Waals surface area contributed by atoms with Crippen LogP contribution in [0.2, 0.25) is 5.02 Å². The molecule has 6 rings (SSSR count). The number of halogens is 3. The van der Waals surface area contributed by atoms with Crippen LogP contribution in [-0.4, -0.2) is 78.2 Å². The van der Waals surface area contributed by atoms with Gasteiger partial charge in [0.05, 0.1) is 24.3 Å². The summed E-state index contributed by atoms with van der Waals surface area (Å²) in [5.74, 6) is 1.09. The Balaban J connectivity index is 0.000000225. The van der Waals surface area contributed by atoms with Crippen molar-refractivity contribution < 1.29 is 14.7 Å². The minimum atomic E-state index is 0. The molecule has 0 bridgehead atoms. The zero-order valence-electron chi connectivity index (χ0n) is 24.8. The Bertz CT molecular complexity index is 1550. The number of morpholine rings is 1. The number of nitrogens with zero attached hydrogens (tertiary/aromatic N) is 4. The number of aryl methyl sites for hydroxylation is 2. The summed E-state index contributed by atoms with van der Waals surface area (Å²) in [5.41, 5.74) is 6.17. The van der Waals surface area contributed by atoms with E-state index >= 15 is 0 Å². The van der Waals surface area contributed by atoms with Crippen molar-refractivity contribution in [2.75, 3.05) is 46.4 Å². The number of carbonyl (C=O) groups excluding carboxylic acids is 1. The van der Waals surface area contributed by atoms with E-state index in [4.69, 9.17) is 16.3 Å². The second-order valence-corrected chi connectivity index (χ2v) is 11.1. The third-order valence-corrected chi connectivity index (χ3v) is 8.24. The van der Waals surface area contributed by atoms with Crippen molar-refractivity contribution in [1.82, 2.24) is 14.9 Å². The zero-order valence-corrected chi connectivity index (χ0v) is 27.2. The van der Waals surface area contributed by atoms with Crippen LogP contribution < -0.4 is 10.6 Å². The van der Waals surface area contributed by atoms with E-state index in [1.54, 1.807) is 13.1 Å². The van der Waals surface area contributed by atoms with Gasteiger partial charge in [-0.25, -0.2) is 10.1 Å². The first kappa shape index (κ1) is 34.8. The molecule has 1 fully saturated rings. The molecule has 1 aliphatic carbocycles. The summed E-state index contributed by atoms with van der Waals surface area (Å²) in [5, 5.41) is 13.8. The van der Waals surface area contributed by atoms with Gasteiger partial charge in [-0.05, 0) is 49.9 Å². The number of fused-ring (bicyclic) bond motifs is 2. The Morgan fingerprint density at radius 2 is 1.86 bits per heavy atom. The SMILES string of the molecule is CCc1c(C)[nH]c2c1C(=O)C(CN1CCOCC1)CC2.CN=C1CN(O)C(c2ccccc2)=c2cc(Cl)ccc2=N1.Cl.Cl. The summed E-state index contributed by atoms with van der Waals surface area (Å²) < 4.78 is 5.38. The largest absolute Gasteiger partial charge is 0.379 e. The van der Waals surface area contributed by atoms with E-state index in [1.807, 2.05) is 42.5 Å². The predicted molar refractivity (Wildman–Crippen MR) is 176 cm³/mol. The molecule has 0 saturated carbocycles. The van der Waals surface area contributed by atoms with Gasteiger partial charge in [-0.2, -0.15) is 0 Å². The molecule has 2 N–H and O–H groups in total. The van der Waals surface area contributed by atoms with Gasteiger partial charge >= 0.3 is 0 Å². The highest BCUT2D eigenvalue weighted by Gasteiger charge is 2.32. The number of rotatable bonds is 4. The van der Waals surface area contributed by atoms with Crippen molar-refractivity contribution in [3.63, 3.8) is 0 Å². The number of amidine groups is 1. The highest BCUT2D eigenvalue weighted by Crippen LogP contribution is 2.31. The number of aromatic nitrogens is 1. The molecule has 1 aromatic heterocycles. The van der Waals surface area contributed by atoms with Gasteiger partial charge in [0.25, 0.3) is 0 Å². The van der Waals surface area contributed by atoms with Crippen molar-refractivity contribution in [2.45, 2.75) is 33.1 Å². The molecule has 1 atom stereocenters. The van der Waals surface area contributed by atoms with Crippen LogP contribution in [0.4, 0.5) is 0 Å². The molecule has 3 aromatic rings. The van der Waals surface area contributed by atoms with E-state index in [0.29, 0.717) is 22.3 Å². The summed E-state index contributed by atoms with van der Waals surface area (Å²) in [4.78, 5) is 27.2. The first-order valence-corrected chi connectivity index (χ1v) is 14.7. The summed E-state index contributed by atoms with van der Waals surface area (Å²) in [6, 6.07) is 15.1. The first-order chi connectivity index (χ1) is 19.9. The lowest BCUT2D eigenvalue weighted by atomic mass is 9.83. The molecule has 0 radical (unpaired) electrons. The minimum Gasteiger partial charge on any atom is -0.379 e. The highest BCUT2D eigenvalue weighted by atomic mass is 35.5. The number of carbonyl (C=O) groups is 1. The molecular weight excluding hydrogens is 609 g/mol. The maximum atomic E-state index is 12.8. The average molecular weight is 649 g/mol. The number of hydrogen-bond acceptors (Lipinski definition) is 6. The lowest BCUT2D eigenvalue weighted by Gasteiger charge is -2.31. The zero-order chi connectivity index (χ0) is 28.9. The molecule has 0 spiro atoms. The van der Waals surface area contributed by atoms with Crippen LogP contribution in [0, 0.1) is 12.8 Å². The number of aliphatic imine (C=N–C) groups is 1. The van der Waals surface area contributed by atoms with Crippen molar-refractivity contribution >= 4 is 53.7 Å². The Hall–Kier alpha value is -2.72. The third-order valence-electron chi connectivity index (χ3n) is 8.01. The number of hydroxylamine groups is 2. The molecule has 2 aliphatic heterocycles. The topological polar surface area (TPSA) is 93.5 Å². The van der Waals surface area contributed by atoms with Crippen molar-refractivity contribution in [3.05, 3.63) is 92.2 Å². The second-order valence-electron chi connectivity index (χ2n) is 10.6. The predicted octanol–water partition coefficient (Wildman–Crippen LogP) is 4.66. The Morgan fingerprint density at radius 3 is 2.53 bits per heavy atom. The van der Waals surface area contributed by atoms with Crippen molar-refractivity contribution in [3.8, 4) is 0 Å². The van der Waals surface area contributed by atoms with Crippen molar-refractivity contribution in [1.29, 1.82) is 0 Å². The summed E-state index contributed by atoms with van der Waals surface area (Å²) in [7, 11) is 1.66. The van der Waals surface area contributed by atoms with Gasteiger partial charge in [0.1, 0.15) is 12.4 Å². The number of benzene rings is 2. The number of Topliss-reactive ketones (excluding diaryl/α,β-unsaturated/α-hetero) is 1. The molecule has 3 aliphatic rings. The molecule has 1 unspecified atom stereocenters. The lowest BCUT2D eigenvalue weighted by molar-refractivity contribution is -0.0119. The minimum absolute atomic E-state index is 0. The molecule has 232 valence electrons. The fraction of sp³-hybridized carbons (Fsp3) is 0.406. The van der Waals surface area contributed by atoms with Crippen LogP contribution in [-0.2, 0) is 17.6 Å². The van der Waals surface area contributed by atoms with E-state index in [1.165, 1.54) is 22.0 Å². The van der Waals surface area contributed by atoms with Crippen LogP contribution >= 0.6 is 36.4 Å². The maximum Gasteiger partial charge on any atom is 0.169 e. The molecule has 1 saturated heterocycles. The summed E-state index contributed by atoms with van der Waals surface area (Å²) in [6.45, 7) is 8.87. The quantitative estimate of drug-likeness (QED) is 0.430. The lowest BCUT2D eigenvalue weighted by Crippen LogP contribution is -2.42. The second kappa shape index (κ2) is 15.8. The number of aromatic amines is 1. The number of H-pyrrole nitrogens is 1. The van der Waals surface area contributed by atoms with Gasteiger partial charge in [-0.1, -0.05) is 48.9 Å². The van der Waals surface area contributed by atoms with Crippen LogP contribution in [0.25, 0.3) is 5.70 Å². The average Bonchev–Trinajstić information content (AvgIpc) is 3.24. The van der Waals surface area contributed by atoms with Crippen LogP contribution in [0.1, 0.15) is 46.2 Å². The van der Waals surface area contributed by atoms with Gasteiger partial charge in [0.2, 0.25) is 0 Å². The first-order valence-electron chi connectivity index (χ1n) is 14.3. The Kier molecular flexibility index (Phi) is 12.8. The van der Waals surface area contributed by atoms with Crippen LogP contribution in [0.5, 0.6) is 0 Å². The fourth-order valence-electron chi connectivity index (χ4n) is 5.93. The van der Waals surface area contributed by atoms with Crippen molar-refractivity contribution in [2.24, 2.45) is 15.9 Å². The Labute approximate surface area is 270 Å². The third kappa shape index (κ3) is 7.87. The molecular formula is C32H40Cl3N5O3. The van der Waals surface area contributed by atoms with E-state index in [9.17, 15) is 10.0 Å². The normalized spacial score (nSPS) is 19.1. The fourth-order valence-corrected chi connectivity index (χ4v) is 6.10. The van der Waals surface area contributed by atoms with E-state index in [0.717, 1.165) is 73.8 Å². The molecule has 11 heteroatoms. The van der Waals surface area contributed by atoms with Gasteiger partial charge < -0.3 is 9.72 Å². The van der Waals surface area contributed by atoms with E-state index in [2.05, 4.69) is 33.7 Å². The maximum absolute atomic E-state index is 12.8. The van der Waals surface area contributed by atoms with E-state index < -0.39 is 0 Å². The molecule has 3 heterocycles. The van der Waals surface area contributed by atoms with Gasteiger partial charge in [0.15, 0.2) is 5.78 Å². The van der Waals surface area contributed by atoms with Crippen LogP contribution in [0.15, 0.2) is 58.5 Å². The molecule has 8 nitrogen and oxygen atoms in total. The molecule has 0 amide bonds. The van der Waals surface area contributed by atoms with Gasteiger partial charge in [-0.15, -0.1) is 24.8 Å². The number of ketones is 1. The number of ether oxygens (including phenoxy) is 1. The monoisotopic (exact) mass is 647 g/mol. The Morgan fingerprint density at radius 1 is 1.14 bits per heavy atom. The number of hydrogen-bond donors (Lipinski definition) is 2. The highest BCUT2D eigenvalue weighted by molar-refractivity contribution is 6.30. The molecule has 43 heavy (non-hydrogen) atoms. The molecule has 2 aromatic carbocycles.